The molecule has 29 heavy (non-hydrogen) atoms. The average molecular weight is 399 g/mol. The van der Waals surface area contributed by atoms with Gasteiger partial charge in [-0.2, -0.15) is 0 Å². The Bertz CT molecular complexity index is 806. The zero-order valence-corrected chi connectivity index (χ0v) is 17.3. The van der Waals surface area contributed by atoms with Gasteiger partial charge >= 0.3 is 0 Å². The number of hydrogen-bond donors (Lipinski definition) is 0. The molecule has 0 spiro atoms. The van der Waals surface area contributed by atoms with Crippen molar-refractivity contribution >= 4 is 11.6 Å². The van der Waals surface area contributed by atoms with Crippen LogP contribution in [-0.2, 0) is 11.3 Å². The number of rotatable bonds is 5. The summed E-state index contributed by atoms with van der Waals surface area (Å²) in [5.41, 5.74) is 2.88. The van der Waals surface area contributed by atoms with Crippen molar-refractivity contribution in [1.29, 1.82) is 0 Å². The number of ether oxygens (including phenoxy) is 1. The molecule has 2 aliphatic heterocycles. The van der Waals surface area contributed by atoms with Crippen molar-refractivity contribution in [1.82, 2.24) is 15.0 Å². The molecule has 0 bridgehead atoms. The Morgan fingerprint density at radius 3 is 2.45 bits per heavy atom. The van der Waals surface area contributed by atoms with Gasteiger partial charge in [0.05, 0.1) is 25.5 Å². The first-order valence-corrected chi connectivity index (χ1v) is 10.4. The lowest BCUT2D eigenvalue weighted by Gasteiger charge is -2.37. The average Bonchev–Trinajstić information content (AvgIpc) is 3.18. The summed E-state index contributed by atoms with van der Waals surface area (Å²) in [4.78, 5) is 19.2. The molecule has 2 fully saturated rings. The first-order valence-electron chi connectivity index (χ1n) is 10.4. The summed E-state index contributed by atoms with van der Waals surface area (Å²) >= 11 is 0. The fourth-order valence-corrected chi connectivity index (χ4v) is 4.19. The van der Waals surface area contributed by atoms with E-state index >= 15 is 0 Å². The summed E-state index contributed by atoms with van der Waals surface area (Å²) in [6.45, 7) is 7.38. The van der Waals surface area contributed by atoms with Gasteiger partial charge in [0.25, 0.3) is 5.91 Å². The van der Waals surface area contributed by atoms with Gasteiger partial charge in [-0.1, -0.05) is 5.16 Å². The van der Waals surface area contributed by atoms with Gasteiger partial charge < -0.3 is 19.1 Å². The summed E-state index contributed by atoms with van der Waals surface area (Å²) in [5, 5.41) is 3.97. The first kappa shape index (κ1) is 19.9. The van der Waals surface area contributed by atoms with Crippen molar-refractivity contribution in [2.24, 2.45) is 0 Å². The molecule has 0 radical (unpaired) electrons. The minimum absolute atomic E-state index is 0.0998. The Kier molecular flexibility index (Phi) is 6.16. The van der Waals surface area contributed by atoms with Crippen molar-refractivity contribution < 1.29 is 14.1 Å². The summed E-state index contributed by atoms with van der Waals surface area (Å²) < 4.78 is 10.7. The molecule has 0 N–H and O–H groups in total. The maximum atomic E-state index is 12.6. The number of hydrogen-bond acceptors (Lipinski definition) is 6. The van der Waals surface area contributed by atoms with E-state index in [0.717, 1.165) is 49.5 Å². The predicted molar refractivity (Wildman–Crippen MR) is 111 cm³/mol. The van der Waals surface area contributed by atoms with Crippen molar-refractivity contribution in [3.63, 3.8) is 0 Å². The van der Waals surface area contributed by atoms with Gasteiger partial charge in [-0.25, -0.2) is 0 Å². The molecular weight excluding hydrogens is 368 g/mol. The SMILES string of the molecule is Cc1cc(CN(C)C2CCN(c3ccc(C(=O)N4CCOCC4)cc3)CC2)on1. The first-order chi connectivity index (χ1) is 14.1. The van der Waals surface area contributed by atoms with Crippen LogP contribution in [0.1, 0.15) is 34.7 Å². The number of nitrogens with zero attached hydrogens (tertiary/aromatic N) is 4. The smallest absolute Gasteiger partial charge is 0.254 e. The van der Waals surface area contributed by atoms with Crippen LogP contribution in [0.2, 0.25) is 0 Å². The van der Waals surface area contributed by atoms with E-state index in [4.69, 9.17) is 9.26 Å². The summed E-state index contributed by atoms with van der Waals surface area (Å²) in [6, 6.07) is 10.6. The van der Waals surface area contributed by atoms with Crippen LogP contribution < -0.4 is 4.90 Å². The second-order valence-electron chi connectivity index (χ2n) is 8.02. The minimum atomic E-state index is 0.0998. The molecule has 2 aliphatic rings. The second-order valence-corrected chi connectivity index (χ2v) is 8.02. The molecule has 0 unspecified atom stereocenters. The number of benzene rings is 1. The number of aryl methyl sites for hydroxylation is 1. The van der Waals surface area contributed by atoms with Crippen LogP contribution in [-0.4, -0.2) is 73.3 Å². The van der Waals surface area contributed by atoms with Crippen LogP contribution >= 0.6 is 0 Å². The van der Waals surface area contributed by atoms with E-state index in [1.165, 1.54) is 5.69 Å². The topological polar surface area (TPSA) is 62.0 Å². The highest BCUT2D eigenvalue weighted by Crippen LogP contribution is 2.24. The summed E-state index contributed by atoms with van der Waals surface area (Å²) in [7, 11) is 2.16. The van der Waals surface area contributed by atoms with Crippen LogP contribution in [0.5, 0.6) is 0 Å². The molecule has 1 amide bonds. The molecule has 2 aromatic rings. The number of aromatic nitrogens is 1. The van der Waals surface area contributed by atoms with E-state index in [-0.39, 0.29) is 5.91 Å². The third-order valence-electron chi connectivity index (χ3n) is 5.95. The highest BCUT2D eigenvalue weighted by atomic mass is 16.5. The highest BCUT2D eigenvalue weighted by molar-refractivity contribution is 5.94. The second kappa shape index (κ2) is 8.97. The predicted octanol–water partition coefficient (Wildman–Crippen LogP) is 2.56. The van der Waals surface area contributed by atoms with Gasteiger partial charge in [-0.3, -0.25) is 9.69 Å². The molecule has 7 nitrogen and oxygen atoms in total. The molecule has 2 saturated heterocycles. The molecule has 0 saturated carbocycles. The van der Waals surface area contributed by atoms with E-state index in [1.807, 2.05) is 30.0 Å². The van der Waals surface area contributed by atoms with Gasteiger partial charge in [0, 0.05) is 49.5 Å². The van der Waals surface area contributed by atoms with E-state index in [9.17, 15) is 4.79 Å². The Morgan fingerprint density at radius 2 is 1.83 bits per heavy atom. The molecule has 3 heterocycles. The van der Waals surface area contributed by atoms with Crippen LogP contribution in [0.15, 0.2) is 34.9 Å². The zero-order valence-electron chi connectivity index (χ0n) is 17.3. The molecule has 1 aromatic carbocycles. The molecule has 0 atom stereocenters. The van der Waals surface area contributed by atoms with Crippen LogP contribution in [0.4, 0.5) is 5.69 Å². The van der Waals surface area contributed by atoms with E-state index in [1.54, 1.807) is 0 Å². The summed E-state index contributed by atoms with van der Waals surface area (Å²) in [6.07, 6.45) is 2.22. The molecular formula is C22H30N4O3. The largest absolute Gasteiger partial charge is 0.378 e. The number of anilines is 1. The third-order valence-corrected chi connectivity index (χ3v) is 5.95. The van der Waals surface area contributed by atoms with Crippen LogP contribution in [0.3, 0.4) is 0 Å². The van der Waals surface area contributed by atoms with Crippen molar-refractivity contribution in [2.75, 3.05) is 51.3 Å². The Morgan fingerprint density at radius 1 is 1.14 bits per heavy atom. The Hall–Kier alpha value is -2.38. The lowest BCUT2D eigenvalue weighted by atomic mass is 10.0. The number of amides is 1. The van der Waals surface area contributed by atoms with E-state index < -0.39 is 0 Å². The summed E-state index contributed by atoms with van der Waals surface area (Å²) in [5.74, 6) is 1.02. The van der Waals surface area contributed by atoms with Crippen molar-refractivity contribution in [3.8, 4) is 0 Å². The fourth-order valence-electron chi connectivity index (χ4n) is 4.19. The Labute approximate surface area is 172 Å². The lowest BCUT2D eigenvalue weighted by molar-refractivity contribution is 0.0303. The normalized spacial score (nSPS) is 18.4. The van der Waals surface area contributed by atoms with Gasteiger partial charge in [0.1, 0.15) is 0 Å². The quantitative estimate of drug-likeness (QED) is 0.771. The van der Waals surface area contributed by atoms with Crippen LogP contribution in [0.25, 0.3) is 0 Å². The van der Waals surface area contributed by atoms with E-state index in [2.05, 4.69) is 34.1 Å². The number of carbonyl (C=O) groups excluding carboxylic acids is 1. The molecule has 156 valence electrons. The molecule has 7 heteroatoms. The number of morpholine rings is 1. The highest BCUT2D eigenvalue weighted by Gasteiger charge is 2.24. The van der Waals surface area contributed by atoms with Crippen molar-refractivity contribution in [3.05, 3.63) is 47.3 Å². The van der Waals surface area contributed by atoms with Gasteiger partial charge in [0.2, 0.25) is 0 Å². The third kappa shape index (κ3) is 4.79. The maximum Gasteiger partial charge on any atom is 0.254 e. The van der Waals surface area contributed by atoms with Crippen LogP contribution in [0, 0.1) is 6.92 Å². The Balaban J connectivity index is 1.29. The number of carbonyl (C=O) groups is 1. The van der Waals surface area contributed by atoms with Gasteiger partial charge in [-0.15, -0.1) is 0 Å². The molecule has 4 rings (SSSR count). The monoisotopic (exact) mass is 398 g/mol. The maximum absolute atomic E-state index is 12.6. The minimum Gasteiger partial charge on any atom is -0.378 e. The van der Waals surface area contributed by atoms with E-state index in [0.29, 0.717) is 32.3 Å². The molecule has 0 aliphatic carbocycles. The zero-order chi connectivity index (χ0) is 20.2. The van der Waals surface area contributed by atoms with Gasteiger partial charge in [0.15, 0.2) is 5.76 Å². The fraction of sp³-hybridized carbons (Fsp3) is 0.545. The number of piperidine rings is 1. The molecule has 1 aromatic heterocycles. The van der Waals surface area contributed by atoms with Gasteiger partial charge in [-0.05, 0) is 51.1 Å². The standard InChI is InChI=1S/C22H30N4O3/c1-17-15-21(29-23-17)16-24(2)19-7-9-25(10-8-19)20-5-3-18(4-6-20)22(27)26-11-13-28-14-12-26/h3-6,15,19H,7-14,16H2,1-2H3. The van der Waals surface area contributed by atoms with Crippen molar-refractivity contribution in [2.45, 2.75) is 32.4 Å². The lowest BCUT2D eigenvalue weighted by Crippen LogP contribution is -2.43.